The molecule has 0 aliphatic rings. The average Bonchev–Trinajstić information content (AvgIpc) is 2.58. The first kappa shape index (κ1) is 19.6. The third-order valence-electron chi connectivity index (χ3n) is 3.27. The number of rotatable bonds is 7. The van der Waals surface area contributed by atoms with Gasteiger partial charge in [-0.05, 0) is 30.7 Å². The fourth-order valence-electron chi connectivity index (χ4n) is 1.99. The largest absolute Gasteiger partial charge is 0.314 e. The number of hydrogen-bond donors (Lipinski definition) is 3. The van der Waals surface area contributed by atoms with E-state index in [4.69, 9.17) is 0 Å². The van der Waals surface area contributed by atoms with Crippen LogP contribution < -0.4 is 16.2 Å². The minimum absolute atomic E-state index is 0.0317. The third-order valence-corrected chi connectivity index (χ3v) is 4.23. The summed E-state index contributed by atoms with van der Waals surface area (Å²) in [7, 11) is 0. The van der Waals surface area contributed by atoms with E-state index >= 15 is 0 Å². The van der Waals surface area contributed by atoms with Crippen molar-refractivity contribution in [3.05, 3.63) is 46.0 Å². The molecular formula is C17H19FN4O3S. The van der Waals surface area contributed by atoms with Gasteiger partial charge < -0.3 is 10.6 Å². The van der Waals surface area contributed by atoms with Crippen LogP contribution in [0.25, 0.3) is 0 Å². The summed E-state index contributed by atoms with van der Waals surface area (Å²) in [6.45, 7) is 3.33. The second-order valence-electron chi connectivity index (χ2n) is 5.44. The number of anilines is 2. The maximum atomic E-state index is 13.0. The zero-order chi connectivity index (χ0) is 19.1. The molecule has 2 rings (SSSR count). The van der Waals surface area contributed by atoms with E-state index in [0.29, 0.717) is 5.16 Å². The van der Waals surface area contributed by atoms with Crippen molar-refractivity contribution in [2.45, 2.75) is 31.8 Å². The maximum Gasteiger partial charge on any atom is 0.277 e. The highest BCUT2D eigenvalue weighted by atomic mass is 32.2. The monoisotopic (exact) mass is 378 g/mol. The summed E-state index contributed by atoms with van der Waals surface area (Å²) in [5.74, 6) is -0.787. The zero-order valence-electron chi connectivity index (χ0n) is 14.4. The minimum Gasteiger partial charge on any atom is -0.314 e. The molecule has 3 N–H and O–H groups in total. The number of benzene rings is 1. The van der Waals surface area contributed by atoms with Crippen LogP contribution in [0.2, 0.25) is 0 Å². The van der Waals surface area contributed by atoms with Crippen LogP contribution in [0.15, 0.2) is 34.2 Å². The Hall–Kier alpha value is -2.68. The lowest BCUT2D eigenvalue weighted by atomic mass is 10.2. The van der Waals surface area contributed by atoms with Crippen molar-refractivity contribution < 1.29 is 14.0 Å². The van der Waals surface area contributed by atoms with Crippen molar-refractivity contribution in [2.75, 3.05) is 16.4 Å². The predicted molar refractivity (Wildman–Crippen MR) is 99.1 cm³/mol. The molecule has 0 spiro atoms. The number of carbonyl (C=O) groups is 2. The van der Waals surface area contributed by atoms with Gasteiger partial charge in [0.15, 0.2) is 16.7 Å². The maximum absolute atomic E-state index is 13.0. The second-order valence-corrected chi connectivity index (χ2v) is 6.52. The highest BCUT2D eigenvalue weighted by molar-refractivity contribution is 7.99. The van der Waals surface area contributed by atoms with Crippen LogP contribution in [0.4, 0.5) is 15.9 Å². The molecule has 26 heavy (non-hydrogen) atoms. The van der Waals surface area contributed by atoms with E-state index in [9.17, 15) is 18.8 Å². The summed E-state index contributed by atoms with van der Waals surface area (Å²) < 4.78 is 13.0. The van der Waals surface area contributed by atoms with Crippen molar-refractivity contribution in [3.8, 4) is 0 Å². The molecule has 0 atom stereocenters. The van der Waals surface area contributed by atoms with Gasteiger partial charge in [0.25, 0.3) is 11.5 Å². The molecule has 1 aromatic carbocycles. The summed E-state index contributed by atoms with van der Waals surface area (Å²) in [5, 5.41) is 5.23. The summed E-state index contributed by atoms with van der Waals surface area (Å²) in [5.41, 5.74) is -0.589. The Balaban J connectivity index is 2.30. The molecular weight excluding hydrogens is 359 g/mol. The Morgan fingerprint density at radius 3 is 2.54 bits per heavy atom. The first-order chi connectivity index (χ1) is 12.4. The molecule has 0 unspecified atom stereocenters. The standard InChI is InChI=1S/C17H19FN4O3S/c1-3-4-9-26-17-21-14(19-10(2)23)13(16(25)22-17)20-15(24)11-5-7-12(18)8-6-11/h5-8H,3-4,9H2,1-2H3,(H,20,24)(H2,19,21,22,23,25). The van der Waals surface area contributed by atoms with E-state index in [1.165, 1.54) is 30.8 Å². The molecule has 2 aromatic rings. The fraction of sp³-hybridized carbons (Fsp3) is 0.294. The fourth-order valence-corrected chi connectivity index (χ4v) is 2.94. The van der Waals surface area contributed by atoms with Crippen LogP contribution >= 0.6 is 11.8 Å². The zero-order valence-corrected chi connectivity index (χ0v) is 15.2. The lowest BCUT2D eigenvalue weighted by Crippen LogP contribution is -2.24. The summed E-state index contributed by atoms with van der Waals surface area (Å²) in [4.78, 5) is 42.8. The number of thioether (sulfide) groups is 1. The summed E-state index contributed by atoms with van der Waals surface area (Å²) in [6.07, 6.45) is 1.95. The van der Waals surface area contributed by atoms with Gasteiger partial charge in [-0.1, -0.05) is 25.1 Å². The summed E-state index contributed by atoms with van der Waals surface area (Å²) in [6, 6.07) is 4.86. The SMILES string of the molecule is CCCCSc1nc(NC(C)=O)c(NC(=O)c2ccc(F)cc2)c(=O)[nH]1. The van der Waals surface area contributed by atoms with Crippen LogP contribution in [-0.4, -0.2) is 27.5 Å². The van der Waals surface area contributed by atoms with E-state index in [1.54, 1.807) is 0 Å². The molecule has 0 aliphatic carbocycles. The van der Waals surface area contributed by atoms with Crippen molar-refractivity contribution in [1.29, 1.82) is 0 Å². The molecule has 1 aromatic heterocycles. The number of H-pyrrole nitrogens is 1. The molecule has 7 nitrogen and oxygen atoms in total. The molecule has 0 aliphatic heterocycles. The van der Waals surface area contributed by atoms with E-state index in [-0.39, 0.29) is 17.1 Å². The average molecular weight is 378 g/mol. The first-order valence-corrected chi connectivity index (χ1v) is 9.01. The normalized spacial score (nSPS) is 10.4. The van der Waals surface area contributed by atoms with Gasteiger partial charge in [0.05, 0.1) is 0 Å². The molecule has 0 radical (unpaired) electrons. The topological polar surface area (TPSA) is 104 Å². The molecule has 0 bridgehead atoms. The predicted octanol–water partition coefficient (Wildman–Crippen LogP) is 3.01. The Bertz CT molecular complexity index is 852. The van der Waals surface area contributed by atoms with Gasteiger partial charge in [0.2, 0.25) is 5.91 Å². The number of aromatic amines is 1. The van der Waals surface area contributed by atoms with E-state index in [1.807, 2.05) is 6.92 Å². The van der Waals surface area contributed by atoms with Crippen molar-refractivity contribution in [2.24, 2.45) is 0 Å². The van der Waals surface area contributed by atoms with Gasteiger partial charge in [-0.2, -0.15) is 0 Å². The van der Waals surface area contributed by atoms with E-state index < -0.39 is 23.2 Å². The molecule has 0 fully saturated rings. The smallest absolute Gasteiger partial charge is 0.277 e. The lowest BCUT2D eigenvalue weighted by molar-refractivity contribution is -0.114. The third kappa shape index (κ3) is 5.41. The van der Waals surface area contributed by atoms with Crippen molar-refractivity contribution in [1.82, 2.24) is 9.97 Å². The minimum atomic E-state index is -0.615. The van der Waals surface area contributed by atoms with E-state index in [0.717, 1.165) is 30.7 Å². The quantitative estimate of drug-likeness (QED) is 0.390. The van der Waals surface area contributed by atoms with Gasteiger partial charge in [0.1, 0.15) is 5.82 Å². The Kier molecular flexibility index (Phi) is 6.90. The van der Waals surface area contributed by atoms with Crippen LogP contribution in [0.1, 0.15) is 37.0 Å². The number of nitrogens with one attached hydrogen (secondary N) is 3. The van der Waals surface area contributed by atoms with Gasteiger partial charge in [-0.15, -0.1) is 0 Å². The van der Waals surface area contributed by atoms with E-state index in [2.05, 4.69) is 20.6 Å². The highest BCUT2D eigenvalue weighted by Crippen LogP contribution is 2.20. The number of hydrogen-bond acceptors (Lipinski definition) is 5. The van der Waals surface area contributed by atoms with Gasteiger partial charge in [0, 0.05) is 18.2 Å². The van der Waals surface area contributed by atoms with Crippen LogP contribution in [0.5, 0.6) is 0 Å². The number of nitrogens with zero attached hydrogens (tertiary/aromatic N) is 1. The lowest BCUT2D eigenvalue weighted by Gasteiger charge is -2.11. The number of halogens is 1. The van der Waals surface area contributed by atoms with Crippen LogP contribution in [0.3, 0.4) is 0 Å². The molecule has 2 amide bonds. The van der Waals surface area contributed by atoms with Gasteiger partial charge >= 0.3 is 0 Å². The number of carbonyl (C=O) groups excluding carboxylic acids is 2. The number of unbranched alkanes of at least 4 members (excludes halogenated alkanes) is 1. The van der Waals surface area contributed by atoms with Gasteiger partial charge in [-0.25, -0.2) is 9.37 Å². The Morgan fingerprint density at radius 2 is 1.92 bits per heavy atom. The van der Waals surface area contributed by atoms with Crippen LogP contribution in [-0.2, 0) is 4.79 Å². The molecule has 0 saturated carbocycles. The molecule has 9 heteroatoms. The number of aromatic nitrogens is 2. The van der Waals surface area contributed by atoms with Crippen LogP contribution in [0, 0.1) is 5.82 Å². The first-order valence-electron chi connectivity index (χ1n) is 8.02. The number of amides is 2. The molecule has 0 saturated heterocycles. The Morgan fingerprint density at radius 1 is 1.23 bits per heavy atom. The van der Waals surface area contributed by atoms with Crippen molar-refractivity contribution in [3.63, 3.8) is 0 Å². The van der Waals surface area contributed by atoms with Crippen molar-refractivity contribution >= 4 is 35.1 Å². The Labute approximate surface area is 153 Å². The molecule has 1 heterocycles. The highest BCUT2D eigenvalue weighted by Gasteiger charge is 2.17. The van der Waals surface area contributed by atoms with Gasteiger partial charge in [-0.3, -0.25) is 19.4 Å². The second kappa shape index (κ2) is 9.14. The molecule has 138 valence electrons. The summed E-state index contributed by atoms with van der Waals surface area (Å²) >= 11 is 1.35.